The van der Waals surface area contributed by atoms with Gasteiger partial charge in [0.05, 0.1) is 16.5 Å². The normalized spacial score (nSPS) is 14.7. The molecule has 2 aromatic rings. The molecule has 1 N–H and O–H groups in total. The number of amides is 1. The van der Waals surface area contributed by atoms with Crippen molar-refractivity contribution in [3.05, 3.63) is 56.9 Å². The van der Waals surface area contributed by atoms with Crippen LogP contribution in [0.3, 0.4) is 0 Å². The van der Waals surface area contributed by atoms with E-state index in [1.807, 2.05) is 39.0 Å². The molecule has 0 bridgehead atoms. The zero-order valence-corrected chi connectivity index (χ0v) is 19.3. The molecular formula is C22H22ClNO4S2. The second-order valence-electron chi connectivity index (χ2n) is 6.58. The van der Waals surface area contributed by atoms with Crippen molar-refractivity contribution in [2.75, 3.05) is 19.8 Å². The third-order valence-electron chi connectivity index (χ3n) is 4.20. The highest BCUT2D eigenvalue weighted by atomic mass is 35.5. The molecule has 0 aliphatic carbocycles. The second-order valence-corrected chi connectivity index (χ2v) is 8.71. The maximum atomic E-state index is 11.9. The highest BCUT2D eigenvalue weighted by Crippen LogP contribution is 2.38. The summed E-state index contributed by atoms with van der Waals surface area (Å²) in [7, 11) is 0. The van der Waals surface area contributed by atoms with Gasteiger partial charge in [0.25, 0.3) is 5.91 Å². The average molecular weight is 464 g/mol. The fourth-order valence-electron chi connectivity index (χ4n) is 2.80. The maximum absolute atomic E-state index is 11.9. The summed E-state index contributed by atoms with van der Waals surface area (Å²) in [6.45, 7) is 7.03. The highest BCUT2D eigenvalue weighted by Gasteiger charge is 2.22. The van der Waals surface area contributed by atoms with Gasteiger partial charge in [-0.3, -0.25) is 4.79 Å². The molecule has 0 unspecified atom stereocenters. The van der Waals surface area contributed by atoms with Crippen molar-refractivity contribution in [1.82, 2.24) is 5.32 Å². The van der Waals surface area contributed by atoms with E-state index in [0.717, 1.165) is 22.4 Å². The summed E-state index contributed by atoms with van der Waals surface area (Å²) in [5, 5.41) is 2.99. The van der Waals surface area contributed by atoms with Gasteiger partial charge in [-0.05, 0) is 61.7 Å². The van der Waals surface area contributed by atoms with Crippen molar-refractivity contribution in [3.8, 4) is 17.2 Å². The number of hydrogen-bond acceptors (Lipinski definition) is 6. The van der Waals surface area contributed by atoms with E-state index in [4.69, 9.17) is 38.0 Å². The summed E-state index contributed by atoms with van der Waals surface area (Å²) in [6.07, 6.45) is 1.72. The Labute approximate surface area is 190 Å². The number of carbonyl (C=O) groups excluding carboxylic acids is 1. The van der Waals surface area contributed by atoms with Crippen LogP contribution in [0, 0.1) is 13.8 Å². The van der Waals surface area contributed by atoms with Crippen LogP contribution in [0.1, 0.15) is 23.6 Å². The van der Waals surface area contributed by atoms with Crippen LogP contribution >= 0.6 is 35.6 Å². The molecule has 0 radical (unpaired) electrons. The predicted octanol–water partition coefficient (Wildman–Crippen LogP) is 5.30. The Hall–Kier alpha value is -2.22. The molecule has 1 amide bonds. The molecule has 1 saturated heterocycles. The predicted molar refractivity (Wildman–Crippen MR) is 126 cm³/mol. The molecule has 1 fully saturated rings. The lowest BCUT2D eigenvalue weighted by atomic mass is 10.1. The summed E-state index contributed by atoms with van der Waals surface area (Å²) in [6, 6.07) is 9.59. The quantitative estimate of drug-likeness (QED) is 0.325. The van der Waals surface area contributed by atoms with Crippen molar-refractivity contribution in [2.45, 2.75) is 20.8 Å². The molecule has 158 valence electrons. The van der Waals surface area contributed by atoms with E-state index in [-0.39, 0.29) is 5.91 Å². The fraction of sp³-hybridized carbons (Fsp3) is 0.273. The van der Waals surface area contributed by atoms with Gasteiger partial charge in [-0.1, -0.05) is 47.7 Å². The lowest BCUT2D eigenvalue weighted by molar-refractivity contribution is -0.115. The fourth-order valence-corrected chi connectivity index (χ4v) is 4.12. The van der Waals surface area contributed by atoms with E-state index in [2.05, 4.69) is 5.32 Å². The molecule has 0 saturated carbocycles. The molecule has 8 heteroatoms. The summed E-state index contributed by atoms with van der Waals surface area (Å²) >= 11 is 12.7. The minimum absolute atomic E-state index is 0.219. The molecule has 2 aromatic carbocycles. The van der Waals surface area contributed by atoms with Gasteiger partial charge < -0.3 is 19.5 Å². The van der Waals surface area contributed by atoms with Crippen LogP contribution in [0.25, 0.3) is 6.08 Å². The topological polar surface area (TPSA) is 56.8 Å². The first kappa shape index (κ1) is 22.5. The van der Waals surface area contributed by atoms with Crippen molar-refractivity contribution in [2.24, 2.45) is 0 Å². The van der Waals surface area contributed by atoms with Crippen molar-refractivity contribution in [3.63, 3.8) is 0 Å². The van der Waals surface area contributed by atoms with Gasteiger partial charge >= 0.3 is 0 Å². The van der Waals surface area contributed by atoms with Crippen LogP contribution in [0.5, 0.6) is 17.2 Å². The minimum atomic E-state index is -0.219. The number of aryl methyl sites for hydroxylation is 2. The third-order valence-corrected chi connectivity index (χ3v) is 5.65. The van der Waals surface area contributed by atoms with Crippen LogP contribution < -0.4 is 19.5 Å². The van der Waals surface area contributed by atoms with Gasteiger partial charge in [-0.2, -0.15) is 0 Å². The largest absolute Gasteiger partial charge is 0.490 e. The summed E-state index contributed by atoms with van der Waals surface area (Å²) in [4.78, 5) is 12.4. The first-order valence-corrected chi connectivity index (χ1v) is 11.0. The van der Waals surface area contributed by atoms with Crippen LogP contribution in [0.15, 0.2) is 35.2 Å². The molecule has 30 heavy (non-hydrogen) atoms. The van der Waals surface area contributed by atoms with Crippen molar-refractivity contribution >= 4 is 51.9 Å². The molecule has 3 rings (SSSR count). The smallest absolute Gasteiger partial charge is 0.263 e. The standard InChI is InChI=1S/C22H22ClNO4S2/c1-4-26-18-11-15(12-19-21(25)24-22(29)30-19)10-16(23)20(18)28-8-7-27-17-9-13(2)5-6-14(17)3/h5-6,9-12H,4,7-8H2,1-3H3,(H,24,25,29). The number of rotatable bonds is 8. The van der Waals surface area contributed by atoms with Crippen molar-refractivity contribution < 1.29 is 19.0 Å². The number of thiocarbonyl (C=S) groups is 1. The van der Waals surface area contributed by atoms with Gasteiger partial charge in [0.2, 0.25) is 0 Å². The van der Waals surface area contributed by atoms with Crippen LogP contribution in [0.2, 0.25) is 5.02 Å². The van der Waals surface area contributed by atoms with Crippen LogP contribution in [-0.2, 0) is 4.79 Å². The Morgan fingerprint density at radius 1 is 1.10 bits per heavy atom. The van der Waals surface area contributed by atoms with Gasteiger partial charge in [0, 0.05) is 0 Å². The van der Waals surface area contributed by atoms with E-state index < -0.39 is 0 Å². The Morgan fingerprint density at radius 2 is 1.87 bits per heavy atom. The maximum Gasteiger partial charge on any atom is 0.263 e. The first-order valence-electron chi connectivity index (χ1n) is 9.41. The lowest BCUT2D eigenvalue weighted by Crippen LogP contribution is -2.17. The molecule has 0 aromatic heterocycles. The number of thioether (sulfide) groups is 1. The zero-order chi connectivity index (χ0) is 21.7. The molecule has 1 heterocycles. The molecule has 0 atom stereocenters. The van der Waals surface area contributed by atoms with Crippen LogP contribution in [0.4, 0.5) is 0 Å². The van der Waals surface area contributed by atoms with Gasteiger partial charge in [-0.15, -0.1) is 0 Å². The third kappa shape index (κ3) is 5.68. The summed E-state index contributed by atoms with van der Waals surface area (Å²) in [5.74, 6) is 1.57. The first-order chi connectivity index (χ1) is 14.4. The molecule has 1 aliphatic rings. The Balaban J connectivity index is 1.71. The number of ether oxygens (including phenoxy) is 3. The monoisotopic (exact) mass is 463 g/mol. The van der Waals surface area contributed by atoms with E-state index in [1.165, 1.54) is 11.8 Å². The molecule has 0 spiro atoms. The van der Waals surface area contributed by atoms with Crippen LogP contribution in [-0.4, -0.2) is 30.0 Å². The number of halogens is 1. The van der Waals surface area contributed by atoms with Gasteiger partial charge in [0.15, 0.2) is 11.5 Å². The van der Waals surface area contributed by atoms with E-state index in [0.29, 0.717) is 45.6 Å². The van der Waals surface area contributed by atoms with E-state index in [9.17, 15) is 4.79 Å². The summed E-state index contributed by atoms with van der Waals surface area (Å²) in [5.41, 5.74) is 2.93. The highest BCUT2D eigenvalue weighted by molar-refractivity contribution is 8.26. The molecular weight excluding hydrogens is 442 g/mol. The Kier molecular flexibility index (Phi) is 7.64. The van der Waals surface area contributed by atoms with E-state index >= 15 is 0 Å². The van der Waals surface area contributed by atoms with Gasteiger partial charge in [0.1, 0.15) is 23.3 Å². The number of nitrogens with one attached hydrogen (secondary N) is 1. The number of carbonyl (C=O) groups is 1. The van der Waals surface area contributed by atoms with Crippen molar-refractivity contribution in [1.29, 1.82) is 0 Å². The number of benzene rings is 2. The zero-order valence-electron chi connectivity index (χ0n) is 16.9. The molecule has 1 aliphatic heterocycles. The second kappa shape index (κ2) is 10.2. The van der Waals surface area contributed by atoms with E-state index in [1.54, 1.807) is 18.2 Å². The molecule has 5 nitrogen and oxygen atoms in total. The Morgan fingerprint density at radius 3 is 2.57 bits per heavy atom. The SMILES string of the molecule is CCOc1cc(C=C2SC(=S)NC2=O)cc(Cl)c1OCCOc1cc(C)ccc1C. The minimum Gasteiger partial charge on any atom is -0.490 e. The van der Waals surface area contributed by atoms with Gasteiger partial charge in [-0.25, -0.2) is 0 Å². The Bertz CT molecular complexity index is 1010. The lowest BCUT2D eigenvalue weighted by Gasteiger charge is -2.15. The number of hydrogen-bond donors (Lipinski definition) is 1. The average Bonchev–Trinajstić information content (AvgIpc) is 3.00. The summed E-state index contributed by atoms with van der Waals surface area (Å²) < 4.78 is 17.8.